The zero-order valence-electron chi connectivity index (χ0n) is 13.0. The molecule has 26 heavy (non-hydrogen) atoms. The summed E-state index contributed by atoms with van der Waals surface area (Å²) in [6.45, 7) is -0.163. The molecule has 0 radical (unpaired) electrons. The Labute approximate surface area is 148 Å². The molecule has 3 rings (SSSR count). The molecule has 0 unspecified atom stereocenters. The molecule has 1 N–H and O–H groups in total. The molecule has 0 aromatic carbocycles. The van der Waals surface area contributed by atoms with Crippen LogP contribution in [0.1, 0.15) is 36.2 Å². The third-order valence-electron chi connectivity index (χ3n) is 3.82. The Bertz CT molecular complexity index is 909. The van der Waals surface area contributed by atoms with E-state index in [4.69, 9.17) is 21.4 Å². The first kappa shape index (κ1) is 18.2. The highest BCUT2D eigenvalue weighted by Gasteiger charge is 2.35. The zero-order chi connectivity index (χ0) is 19.1. The van der Waals surface area contributed by atoms with Gasteiger partial charge in [-0.15, -0.1) is 0 Å². The summed E-state index contributed by atoms with van der Waals surface area (Å²) in [5, 5.41) is 12.3. The third-order valence-corrected chi connectivity index (χ3v) is 4.10. The lowest BCUT2D eigenvalue weighted by atomic mass is 10.1. The fraction of sp³-hybridized carbons (Fsp3) is 0.429. The molecule has 2 aromatic rings. The molecule has 2 aromatic heterocycles. The molecule has 12 heteroatoms. The minimum Gasteiger partial charge on any atom is -0.450 e. The van der Waals surface area contributed by atoms with Gasteiger partial charge in [-0.2, -0.15) is 18.3 Å². The Morgan fingerprint density at radius 2 is 2.19 bits per heavy atom. The summed E-state index contributed by atoms with van der Waals surface area (Å²) in [6, 6.07) is 1.06. The molecular formula is C14H12ClF3N4O4. The second-order valence-electron chi connectivity index (χ2n) is 5.63. The van der Waals surface area contributed by atoms with Gasteiger partial charge in [-0.3, -0.25) is 0 Å². The maximum Gasteiger partial charge on any atom is 0.507 e. The summed E-state index contributed by atoms with van der Waals surface area (Å²) in [5.74, 6) is 0.346. The van der Waals surface area contributed by atoms with Crippen molar-refractivity contribution in [1.82, 2.24) is 19.3 Å². The number of nitrogens with zero attached hydrogens (tertiary/aromatic N) is 4. The monoisotopic (exact) mass is 392 g/mol. The van der Waals surface area contributed by atoms with Crippen molar-refractivity contribution in [3.63, 3.8) is 0 Å². The van der Waals surface area contributed by atoms with Crippen LogP contribution in [0, 0.1) is 0 Å². The van der Waals surface area contributed by atoms with Crippen molar-refractivity contribution in [1.29, 1.82) is 0 Å². The van der Waals surface area contributed by atoms with Crippen molar-refractivity contribution in [2.24, 2.45) is 0 Å². The van der Waals surface area contributed by atoms with E-state index in [1.807, 2.05) is 0 Å². The van der Waals surface area contributed by atoms with Crippen molar-refractivity contribution < 1.29 is 27.8 Å². The molecule has 140 valence electrons. The number of alkyl halides is 3. The number of fused-ring (bicyclic) bond motifs is 1. The van der Waals surface area contributed by atoms with Crippen LogP contribution in [-0.2, 0) is 23.9 Å². The molecule has 8 nitrogen and oxygen atoms in total. The summed E-state index contributed by atoms with van der Waals surface area (Å²) in [7, 11) is 0. The van der Waals surface area contributed by atoms with Crippen LogP contribution < -0.4 is 5.69 Å². The lowest BCUT2D eigenvalue weighted by Crippen LogP contribution is -2.33. The van der Waals surface area contributed by atoms with Gasteiger partial charge >= 0.3 is 18.0 Å². The molecule has 1 aliphatic rings. The predicted octanol–water partition coefficient (Wildman–Crippen LogP) is 2.69. The van der Waals surface area contributed by atoms with Gasteiger partial charge in [0, 0.05) is 19.0 Å². The van der Waals surface area contributed by atoms with Crippen LogP contribution in [0.4, 0.5) is 18.0 Å². The number of rotatable bonds is 3. The summed E-state index contributed by atoms with van der Waals surface area (Å²) in [4.78, 5) is 26.5. The average Bonchev–Trinajstić information content (AvgIpc) is 2.83. The van der Waals surface area contributed by atoms with Crippen LogP contribution in [0.15, 0.2) is 17.1 Å². The van der Waals surface area contributed by atoms with E-state index in [0.717, 1.165) is 21.5 Å². The summed E-state index contributed by atoms with van der Waals surface area (Å²) >= 11 is 5.62. The third kappa shape index (κ3) is 3.52. The quantitative estimate of drug-likeness (QED) is 0.806. The largest absolute Gasteiger partial charge is 0.507 e. The lowest BCUT2D eigenvalue weighted by Gasteiger charge is -2.21. The fourth-order valence-corrected chi connectivity index (χ4v) is 3.06. The van der Waals surface area contributed by atoms with Gasteiger partial charge in [0.15, 0.2) is 11.9 Å². The van der Waals surface area contributed by atoms with E-state index in [0.29, 0.717) is 25.1 Å². The van der Waals surface area contributed by atoms with Crippen LogP contribution in [0.3, 0.4) is 0 Å². The topological polar surface area (TPSA) is 99.2 Å². The van der Waals surface area contributed by atoms with E-state index in [-0.39, 0.29) is 12.1 Å². The first-order chi connectivity index (χ1) is 12.2. The Kier molecular flexibility index (Phi) is 4.65. The molecule has 0 amide bonds. The molecule has 3 heterocycles. The van der Waals surface area contributed by atoms with E-state index >= 15 is 0 Å². The normalized spacial score (nSPS) is 17.0. The van der Waals surface area contributed by atoms with E-state index in [9.17, 15) is 22.8 Å². The number of halogens is 4. The van der Waals surface area contributed by atoms with E-state index in [1.165, 1.54) is 0 Å². The van der Waals surface area contributed by atoms with Gasteiger partial charge in [-0.05, 0) is 18.1 Å². The standard InChI is InChI=1S/C14H12ClF3N4O4/c15-8-4-7(5-19-11(8)14(16,17)18)6-21-12(23)22-9(20-21)2-1-3-10(22)26-13(24)25/h4-5,10H,1-3,6H2,(H,24,25)/t10-/m0/s1. The second-order valence-corrected chi connectivity index (χ2v) is 6.04. The van der Waals surface area contributed by atoms with Crippen LogP contribution in [-0.4, -0.2) is 30.6 Å². The maximum atomic E-state index is 12.7. The van der Waals surface area contributed by atoms with Crippen LogP contribution in [0.5, 0.6) is 0 Å². The SMILES string of the molecule is O=C(O)O[C@H]1CCCc2nn(Cc3cnc(C(F)(F)F)c(Cl)c3)c(=O)n21. The Hall–Kier alpha value is -2.56. The Balaban J connectivity index is 1.90. The highest BCUT2D eigenvalue weighted by atomic mass is 35.5. The fourth-order valence-electron chi connectivity index (χ4n) is 2.77. The lowest BCUT2D eigenvalue weighted by molar-refractivity contribution is -0.141. The average molecular weight is 393 g/mol. The van der Waals surface area contributed by atoms with Crippen molar-refractivity contribution >= 4 is 17.8 Å². The van der Waals surface area contributed by atoms with Gasteiger partial charge in [0.25, 0.3) is 0 Å². The van der Waals surface area contributed by atoms with Gasteiger partial charge in [-0.25, -0.2) is 23.8 Å². The van der Waals surface area contributed by atoms with E-state index < -0.39 is 35.0 Å². The summed E-state index contributed by atoms with van der Waals surface area (Å²) in [6.07, 6.45) is -4.84. The minimum atomic E-state index is -4.68. The number of hydrogen-bond acceptors (Lipinski definition) is 5. The van der Waals surface area contributed by atoms with Gasteiger partial charge in [0.2, 0.25) is 0 Å². The van der Waals surface area contributed by atoms with Crippen molar-refractivity contribution in [2.45, 2.75) is 38.2 Å². The number of aryl methyl sites for hydroxylation is 1. The summed E-state index contributed by atoms with van der Waals surface area (Å²) < 4.78 is 44.9. The van der Waals surface area contributed by atoms with E-state index in [2.05, 4.69) is 10.1 Å². The first-order valence-electron chi connectivity index (χ1n) is 7.46. The number of ether oxygens (including phenoxy) is 1. The first-order valence-corrected chi connectivity index (χ1v) is 7.84. The van der Waals surface area contributed by atoms with Crippen LogP contribution in [0.25, 0.3) is 0 Å². The number of carboxylic acid groups (broad SMARTS) is 1. The van der Waals surface area contributed by atoms with Gasteiger partial charge in [0.1, 0.15) is 5.82 Å². The zero-order valence-corrected chi connectivity index (χ0v) is 13.8. The molecule has 0 bridgehead atoms. The van der Waals surface area contributed by atoms with E-state index in [1.54, 1.807) is 0 Å². The molecule has 1 aliphatic heterocycles. The van der Waals surface area contributed by atoms with Crippen molar-refractivity contribution in [3.05, 3.63) is 44.9 Å². The molecule has 0 aliphatic carbocycles. The smallest absolute Gasteiger partial charge is 0.450 e. The number of pyridine rings is 1. The Morgan fingerprint density at radius 1 is 1.46 bits per heavy atom. The van der Waals surface area contributed by atoms with Gasteiger partial charge in [0.05, 0.1) is 11.6 Å². The molecule has 0 saturated carbocycles. The number of hydrogen-bond donors (Lipinski definition) is 1. The van der Waals surface area contributed by atoms with Crippen molar-refractivity contribution in [2.75, 3.05) is 0 Å². The molecule has 0 fully saturated rings. The Morgan fingerprint density at radius 3 is 2.81 bits per heavy atom. The summed E-state index contributed by atoms with van der Waals surface area (Å²) in [5.41, 5.74) is -1.59. The number of aromatic nitrogens is 4. The molecule has 1 atom stereocenters. The number of carbonyl (C=O) groups is 1. The van der Waals surface area contributed by atoms with Crippen LogP contribution >= 0.6 is 11.6 Å². The highest BCUT2D eigenvalue weighted by molar-refractivity contribution is 6.31. The van der Waals surface area contributed by atoms with Crippen LogP contribution in [0.2, 0.25) is 5.02 Å². The van der Waals surface area contributed by atoms with Gasteiger partial charge in [-0.1, -0.05) is 11.6 Å². The van der Waals surface area contributed by atoms with Gasteiger partial charge < -0.3 is 9.84 Å². The minimum absolute atomic E-state index is 0.163. The maximum absolute atomic E-state index is 12.7. The molecule has 0 spiro atoms. The highest BCUT2D eigenvalue weighted by Crippen LogP contribution is 2.33. The van der Waals surface area contributed by atoms with Crippen molar-refractivity contribution in [3.8, 4) is 0 Å². The molecule has 0 saturated heterocycles. The molecular weight excluding hydrogens is 381 g/mol. The second kappa shape index (κ2) is 6.63. The predicted molar refractivity (Wildman–Crippen MR) is 80.9 cm³/mol.